The number of likely N-dealkylation sites (tertiary alicyclic amines) is 1. The Morgan fingerprint density at radius 1 is 1.38 bits per heavy atom. The minimum atomic E-state index is -4.65. The Morgan fingerprint density at radius 2 is 2.05 bits per heavy atom. The van der Waals surface area contributed by atoms with Gasteiger partial charge in [-0.25, -0.2) is 0 Å². The van der Waals surface area contributed by atoms with Gasteiger partial charge in [0, 0.05) is 19.1 Å². The first-order chi connectivity index (χ1) is 9.81. The number of benzene rings is 1. The number of hydrogen-bond donors (Lipinski definition) is 1. The summed E-state index contributed by atoms with van der Waals surface area (Å²) in [6, 6.07) is 4.90. The highest BCUT2D eigenvalue weighted by molar-refractivity contribution is 5.97. The average Bonchev–Trinajstić information content (AvgIpc) is 2.84. The van der Waals surface area contributed by atoms with Crippen LogP contribution in [0.3, 0.4) is 0 Å². The van der Waals surface area contributed by atoms with Gasteiger partial charge in [0.05, 0.1) is 5.56 Å². The molecule has 1 aliphatic heterocycles. The second-order valence-electron chi connectivity index (χ2n) is 4.76. The van der Waals surface area contributed by atoms with Crippen LogP contribution in [-0.2, 0) is 0 Å². The van der Waals surface area contributed by atoms with Gasteiger partial charge >= 0.3 is 12.5 Å². The van der Waals surface area contributed by atoms with Gasteiger partial charge in [-0.1, -0.05) is 12.1 Å². The van der Waals surface area contributed by atoms with Crippen molar-refractivity contribution >= 4 is 5.91 Å². The Hall–Kier alpha value is -1.83. The minimum absolute atomic E-state index is 0.176. The predicted octanol–water partition coefficient (Wildman–Crippen LogP) is 2.10. The fourth-order valence-corrected chi connectivity index (χ4v) is 2.07. The molecule has 116 valence electrons. The number of para-hydroxylation sites is 1. The Balaban J connectivity index is 2.23. The first-order valence-corrected chi connectivity index (χ1v) is 6.30. The molecule has 2 N–H and O–H groups in total. The van der Waals surface area contributed by atoms with Gasteiger partial charge in [-0.15, -0.1) is 0 Å². The first-order valence-electron chi connectivity index (χ1n) is 6.30. The van der Waals surface area contributed by atoms with Gasteiger partial charge in [0.25, 0.3) is 5.91 Å². The molecule has 0 unspecified atom stereocenters. The summed E-state index contributed by atoms with van der Waals surface area (Å²) in [5, 5.41) is 0. The summed E-state index contributed by atoms with van der Waals surface area (Å²) in [4.78, 5) is 13.6. The molecule has 1 atom stereocenters. The zero-order valence-electron chi connectivity index (χ0n) is 10.9. The van der Waals surface area contributed by atoms with Crippen molar-refractivity contribution in [1.29, 1.82) is 0 Å². The second-order valence-corrected chi connectivity index (χ2v) is 4.76. The van der Waals surface area contributed by atoms with E-state index in [-0.39, 0.29) is 11.6 Å². The molecule has 1 heterocycles. The van der Waals surface area contributed by atoms with Gasteiger partial charge in [0.1, 0.15) is 5.75 Å². The maximum absolute atomic E-state index is 13.0. The van der Waals surface area contributed by atoms with Crippen LogP contribution < -0.4 is 10.5 Å². The topological polar surface area (TPSA) is 55.6 Å². The Morgan fingerprint density at radius 3 is 2.62 bits per heavy atom. The maximum Gasteiger partial charge on any atom is 0.461 e. The maximum atomic E-state index is 13.0. The zero-order chi connectivity index (χ0) is 15.6. The molecule has 0 radical (unpaired) electrons. The molecule has 0 aliphatic carbocycles. The molecule has 2 rings (SSSR count). The lowest BCUT2D eigenvalue weighted by molar-refractivity contribution is -0.253. The van der Waals surface area contributed by atoms with Crippen molar-refractivity contribution in [1.82, 2.24) is 4.90 Å². The van der Waals surface area contributed by atoms with E-state index in [1.165, 1.54) is 23.1 Å². The van der Waals surface area contributed by atoms with Crippen LogP contribution in [0.4, 0.5) is 17.6 Å². The molecule has 8 heteroatoms. The number of nitrogens with two attached hydrogens (primary N) is 1. The normalized spacial score (nSPS) is 19.1. The Bertz CT molecular complexity index is 525. The highest BCUT2D eigenvalue weighted by atomic mass is 19.3. The predicted molar refractivity (Wildman–Crippen MR) is 66.5 cm³/mol. The number of ether oxygens (including phenoxy) is 1. The molecule has 1 aromatic rings. The van der Waals surface area contributed by atoms with Gasteiger partial charge in [-0.3, -0.25) is 4.79 Å². The van der Waals surface area contributed by atoms with Crippen LogP contribution in [-0.4, -0.2) is 42.5 Å². The number of amides is 1. The summed E-state index contributed by atoms with van der Waals surface area (Å²) in [7, 11) is 0. The molecular weight excluding hydrogens is 292 g/mol. The molecule has 1 aliphatic rings. The molecule has 1 amide bonds. The van der Waals surface area contributed by atoms with Crippen molar-refractivity contribution < 1.29 is 27.1 Å². The SMILES string of the molecule is N[C@@H]1CCN(C(=O)c2ccccc2OC(F)(F)C(F)F)C1. The minimum Gasteiger partial charge on any atom is -0.427 e. The van der Waals surface area contributed by atoms with Crippen LogP contribution in [0.15, 0.2) is 24.3 Å². The van der Waals surface area contributed by atoms with Gasteiger partial charge in [0.2, 0.25) is 0 Å². The van der Waals surface area contributed by atoms with E-state index in [2.05, 4.69) is 4.74 Å². The largest absolute Gasteiger partial charge is 0.461 e. The zero-order valence-corrected chi connectivity index (χ0v) is 10.9. The summed E-state index contributed by atoms with van der Waals surface area (Å²) in [6.07, 6.45) is -8.04. The van der Waals surface area contributed by atoms with Crippen LogP contribution in [0.2, 0.25) is 0 Å². The summed E-state index contributed by atoms with van der Waals surface area (Å²) in [6.45, 7) is 0.679. The van der Waals surface area contributed by atoms with Gasteiger partial charge < -0.3 is 15.4 Å². The summed E-state index contributed by atoms with van der Waals surface area (Å²) in [5.41, 5.74) is 5.49. The number of carbonyl (C=O) groups excluding carboxylic acids is 1. The molecule has 1 fully saturated rings. The molecule has 4 nitrogen and oxygen atoms in total. The lowest BCUT2D eigenvalue weighted by atomic mass is 10.1. The van der Waals surface area contributed by atoms with Gasteiger partial charge in [-0.05, 0) is 18.6 Å². The van der Waals surface area contributed by atoms with Crippen LogP contribution in [0.5, 0.6) is 5.75 Å². The summed E-state index contributed by atoms with van der Waals surface area (Å²) < 4.78 is 54.4. The van der Waals surface area contributed by atoms with E-state index in [4.69, 9.17) is 5.73 Å². The quantitative estimate of drug-likeness (QED) is 0.867. The molecule has 21 heavy (non-hydrogen) atoms. The molecule has 0 bridgehead atoms. The van der Waals surface area contributed by atoms with Gasteiger partial charge in [-0.2, -0.15) is 17.6 Å². The third-order valence-corrected chi connectivity index (χ3v) is 3.13. The van der Waals surface area contributed by atoms with E-state index in [9.17, 15) is 22.4 Å². The van der Waals surface area contributed by atoms with E-state index < -0.39 is 24.2 Å². The van der Waals surface area contributed by atoms with E-state index in [1.54, 1.807) is 0 Å². The van der Waals surface area contributed by atoms with Crippen molar-refractivity contribution in [2.75, 3.05) is 13.1 Å². The first kappa shape index (κ1) is 15.6. The third kappa shape index (κ3) is 3.44. The van der Waals surface area contributed by atoms with E-state index >= 15 is 0 Å². The standard InChI is InChI=1S/C13H14F4N2O2/c14-12(15)13(16,17)21-10-4-2-1-3-9(10)11(20)19-6-5-8(18)7-19/h1-4,8,12H,5-7,18H2/t8-/m1/s1. The van der Waals surface area contributed by atoms with Crippen LogP contribution in [0, 0.1) is 0 Å². The summed E-state index contributed by atoms with van der Waals surface area (Å²) >= 11 is 0. The number of alkyl halides is 4. The number of carbonyl (C=O) groups is 1. The van der Waals surface area contributed by atoms with Crippen molar-refractivity contribution in [3.05, 3.63) is 29.8 Å². The average molecular weight is 306 g/mol. The van der Waals surface area contributed by atoms with Crippen LogP contribution in [0.1, 0.15) is 16.8 Å². The Labute approximate surface area is 118 Å². The van der Waals surface area contributed by atoms with Crippen molar-refractivity contribution in [3.63, 3.8) is 0 Å². The fraction of sp³-hybridized carbons (Fsp3) is 0.462. The Kier molecular flexibility index (Phi) is 4.36. The number of rotatable bonds is 4. The van der Waals surface area contributed by atoms with E-state index in [1.807, 2.05) is 0 Å². The molecule has 0 aromatic heterocycles. The lowest BCUT2D eigenvalue weighted by Gasteiger charge is -2.21. The fourth-order valence-electron chi connectivity index (χ4n) is 2.07. The second kappa shape index (κ2) is 5.88. The van der Waals surface area contributed by atoms with Crippen molar-refractivity contribution in [2.45, 2.75) is 25.0 Å². The number of halogens is 4. The number of hydrogen-bond acceptors (Lipinski definition) is 3. The molecule has 0 saturated carbocycles. The van der Waals surface area contributed by atoms with Crippen molar-refractivity contribution in [2.24, 2.45) is 5.73 Å². The molecule has 1 aromatic carbocycles. The smallest absolute Gasteiger partial charge is 0.427 e. The van der Waals surface area contributed by atoms with Gasteiger partial charge in [0.15, 0.2) is 0 Å². The summed E-state index contributed by atoms with van der Waals surface area (Å²) in [5.74, 6) is -1.14. The van der Waals surface area contributed by atoms with Crippen LogP contribution in [0.25, 0.3) is 0 Å². The highest BCUT2D eigenvalue weighted by Gasteiger charge is 2.44. The monoisotopic (exact) mass is 306 g/mol. The molecular formula is C13H14F4N2O2. The molecule has 1 saturated heterocycles. The molecule has 0 spiro atoms. The van der Waals surface area contributed by atoms with Crippen molar-refractivity contribution in [3.8, 4) is 5.75 Å². The third-order valence-electron chi connectivity index (χ3n) is 3.13. The highest BCUT2D eigenvalue weighted by Crippen LogP contribution is 2.30. The van der Waals surface area contributed by atoms with Crippen LogP contribution >= 0.6 is 0 Å². The number of nitrogens with zero attached hydrogens (tertiary/aromatic N) is 1. The van der Waals surface area contributed by atoms with E-state index in [0.717, 1.165) is 6.07 Å². The van der Waals surface area contributed by atoms with E-state index in [0.29, 0.717) is 19.5 Å². The lowest BCUT2D eigenvalue weighted by Crippen LogP contribution is -2.35.